The van der Waals surface area contributed by atoms with Crippen LogP contribution in [0.3, 0.4) is 0 Å². The van der Waals surface area contributed by atoms with E-state index in [1.54, 1.807) is 13.0 Å². The van der Waals surface area contributed by atoms with E-state index in [-0.39, 0.29) is 18.0 Å². The SMILES string of the molecule is Cc1cc(NCC(=O)NC2CC2)c(C(=O)O)cn1. The fourth-order valence-electron chi connectivity index (χ4n) is 1.56. The minimum Gasteiger partial charge on any atom is -0.478 e. The van der Waals surface area contributed by atoms with E-state index in [2.05, 4.69) is 15.6 Å². The average molecular weight is 249 g/mol. The predicted molar refractivity (Wildman–Crippen MR) is 65.6 cm³/mol. The van der Waals surface area contributed by atoms with Crippen molar-refractivity contribution in [3.05, 3.63) is 23.5 Å². The first-order chi connectivity index (χ1) is 8.56. The molecule has 0 unspecified atom stereocenters. The quantitative estimate of drug-likeness (QED) is 0.717. The molecule has 0 bridgehead atoms. The molecular weight excluding hydrogens is 234 g/mol. The van der Waals surface area contributed by atoms with Crippen LogP contribution in [0.5, 0.6) is 0 Å². The number of anilines is 1. The maximum absolute atomic E-state index is 11.5. The summed E-state index contributed by atoms with van der Waals surface area (Å²) < 4.78 is 0. The fourth-order valence-corrected chi connectivity index (χ4v) is 1.56. The van der Waals surface area contributed by atoms with Gasteiger partial charge in [0.1, 0.15) is 5.56 Å². The molecule has 3 N–H and O–H groups in total. The van der Waals surface area contributed by atoms with Crippen molar-refractivity contribution in [1.29, 1.82) is 0 Å². The van der Waals surface area contributed by atoms with Crippen molar-refractivity contribution in [2.75, 3.05) is 11.9 Å². The molecule has 0 aromatic carbocycles. The molecule has 6 nitrogen and oxygen atoms in total. The number of aromatic nitrogens is 1. The number of amides is 1. The van der Waals surface area contributed by atoms with E-state index in [1.165, 1.54) is 6.20 Å². The second-order valence-corrected chi connectivity index (χ2v) is 4.37. The molecule has 1 aliphatic rings. The third-order valence-electron chi connectivity index (χ3n) is 2.65. The Kier molecular flexibility index (Phi) is 3.45. The molecule has 1 amide bonds. The van der Waals surface area contributed by atoms with E-state index < -0.39 is 5.97 Å². The van der Waals surface area contributed by atoms with Gasteiger partial charge < -0.3 is 15.7 Å². The van der Waals surface area contributed by atoms with Crippen LogP contribution in [0.4, 0.5) is 5.69 Å². The molecular formula is C12H15N3O3. The summed E-state index contributed by atoms with van der Waals surface area (Å²) in [5.74, 6) is -1.18. The zero-order valence-corrected chi connectivity index (χ0v) is 10.1. The molecule has 0 saturated heterocycles. The van der Waals surface area contributed by atoms with Gasteiger partial charge in [0.2, 0.25) is 5.91 Å². The van der Waals surface area contributed by atoms with E-state index in [4.69, 9.17) is 5.11 Å². The molecule has 18 heavy (non-hydrogen) atoms. The van der Waals surface area contributed by atoms with Crippen LogP contribution in [0.15, 0.2) is 12.3 Å². The number of carboxylic acids is 1. The first-order valence-electron chi connectivity index (χ1n) is 5.79. The van der Waals surface area contributed by atoms with Gasteiger partial charge >= 0.3 is 5.97 Å². The standard InChI is InChI=1S/C12H15N3O3/c1-7-4-10(9(5-13-7)12(17)18)14-6-11(16)15-8-2-3-8/h4-5,8H,2-3,6H2,1H3,(H,13,14)(H,15,16)(H,17,18). The van der Waals surface area contributed by atoms with Gasteiger partial charge in [-0.05, 0) is 25.8 Å². The zero-order valence-electron chi connectivity index (χ0n) is 10.1. The van der Waals surface area contributed by atoms with E-state index in [9.17, 15) is 9.59 Å². The number of carboxylic acid groups (broad SMARTS) is 1. The summed E-state index contributed by atoms with van der Waals surface area (Å²) in [7, 11) is 0. The summed E-state index contributed by atoms with van der Waals surface area (Å²) in [6.45, 7) is 1.83. The van der Waals surface area contributed by atoms with E-state index in [1.807, 2.05) is 0 Å². The summed E-state index contributed by atoms with van der Waals surface area (Å²) in [5.41, 5.74) is 1.19. The Morgan fingerprint density at radius 2 is 2.22 bits per heavy atom. The number of nitrogens with zero attached hydrogens (tertiary/aromatic N) is 1. The van der Waals surface area contributed by atoms with Gasteiger partial charge in [-0.3, -0.25) is 9.78 Å². The summed E-state index contributed by atoms with van der Waals surface area (Å²) >= 11 is 0. The third-order valence-corrected chi connectivity index (χ3v) is 2.65. The first-order valence-corrected chi connectivity index (χ1v) is 5.79. The number of pyridine rings is 1. The van der Waals surface area contributed by atoms with Gasteiger partial charge in [-0.15, -0.1) is 0 Å². The lowest BCUT2D eigenvalue weighted by molar-refractivity contribution is -0.119. The molecule has 1 aromatic rings. The van der Waals surface area contributed by atoms with Crippen molar-refractivity contribution in [2.45, 2.75) is 25.8 Å². The minimum absolute atomic E-state index is 0.0693. The smallest absolute Gasteiger partial charge is 0.339 e. The lowest BCUT2D eigenvalue weighted by Gasteiger charge is -2.10. The summed E-state index contributed by atoms with van der Waals surface area (Å²) in [5, 5.41) is 14.7. The van der Waals surface area contributed by atoms with Gasteiger partial charge in [0.25, 0.3) is 0 Å². The predicted octanol–water partition coefficient (Wildman–Crippen LogP) is 0.779. The molecule has 2 rings (SSSR count). The number of aromatic carboxylic acids is 1. The van der Waals surface area contributed by atoms with Crippen LogP contribution in [0.1, 0.15) is 28.9 Å². The van der Waals surface area contributed by atoms with Crippen LogP contribution in [-0.2, 0) is 4.79 Å². The molecule has 0 radical (unpaired) electrons. The molecule has 1 heterocycles. The normalized spacial score (nSPS) is 14.1. The van der Waals surface area contributed by atoms with Crippen molar-refractivity contribution in [3.63, 3.8) is 0 Å². The van der Waals surface area contributed by atoms with Gasteiger partial charge in [-0.25, -0.2) is 4.79 Å². The van der Waals surface area contributed by atoms with E-state index in [0.29, 0.717) is 17.4 Å². The lowest BCUT2D eigenvalue weighted by Crippen LogP contribution is -2.31. The highest BCUT2D eigenvalue weighted by Crippen LogP contribution is 2.19. The Labute approximate surface area is 104 Å². The molecule has 6 heteroatoms. The largest absolute Gasteiger partial charge is 0.478 e. The molecule has 0 aliphatic heterocycles. The molecule has 1 fully saturated rings. The monoisotopic (exact) mass is 249 g/mol. The Bertz CT molecular complexity index is 483. The molecule has 0 spiro atoms. The molecule has 1 saturated carbocycles. The summed E-state index contributed by atoms with van der Waals surface area (Å²) in [4.78, 5) is 26.4. The number of nitrogens with one attached hydrogen (secondary N) is 2. The topological polar surface area (TPSA) is 91.3 Å². The van der Waals surface area contributed by atoms with Gasteiger partial charge in [0.15, 0.2) is 0 Å². The first kappa shape index (κ1) is 12.3. The van der Waals surface area contributed by atoms with Crippen LogP contribution < -0.4 is 10.6 Å². The Hall–Kier alpha value is -2.11. The second-order valence-electron chi connectivity index (χ2n) is 4.37. The van der Waals surface area contributed by atoms with E-state index in [0.717, 1.165) is 12.8 Å². The maximum atomic E-state index is 11.5. The average Bonchev–Trinajstić information content (AvgIpc) is 3.10. The maximum Gasteiger partial charge on any atom is 0.339 e. The van der Waals surface area contributed by atoms with Crippen molar-refractivity contribution in [3.8, 4) is 0 Å². The number of hydrogen-bond acceptors (Lipinski definition) is 4. The zero-order chi connectivity index (χ0) is 13.1. The van der Waals surface area contributed by atoms with Crippen LogP contribution in [-0.4, -0.2) is 34.6 Å². The van der Waals surface area contributed by atoms with Gasteiger partial charge in [0, 0.05) is 17.9 Å². The minimum atomic E-state index is -1.06. The van der Waals surface area contributed by atoms with Gasteiger partial charge in [-0.2, -0.15) is 0 Å². The number of aryl methyl sites for hydroxylation is 1. The highest BCUT2D eigenvalue weighted by molar-refractivity contribution is 5.94. The number of rotatable bonds is 5. The molecule has 1 aromatic heterocycles. The molecule has 1 aliphatic carbocycles. The van der Waals surface area contributed by atoms with Gasteiger partial charge in [0.05, 0.1) is 12.2 Å². The third kappa shape index (κ3) is 3.19. The van der Waals surface area contributed by atoms with Crippen molar-refractivity contribution in [1.82, 2.24) is 10.3 Å². The molecule has 0 atom stereocenters. The summed E-state index contributed by atoms with van der Waals surface area (Å²) in [6, 6.07) is 1.92. The highest BCUT2D eigenvalue weighted by atomic mass is 16.4. The van der Waals surface area contributed by atoms with Crippen molar-refractivity contribution >= 4 is 17.6 Å². The Morgan fingerprint density at radius 1 is 1.50 bits per heavy atom. The van der Waals surface area contributed by atoms with E-state index >= 15 is 0 Å². The van der Waals surface area contributed by atoms with Crippen LogP contribution in [0.25, 0.3) is 0 Å². The van der Waals surface area contributed by atoms with Crippen molar-refractivity contribution < 1.29 is 14.7 Å². The van der Waals surface area contributed by atoms with Crippen LogP contribution in [0, 0.1) is 6.92 Å². The highest BCUT2D eigenvalue weighted by Gasteiger charge is 2.23. The van der Waals surface area contributed by atoms with Gasteiger partial charge in [-0.1, -0.05) is 0 Å². The van der Waals surface area contributed by atoms with Crippen LogP contribution in [0.2, 0.25) is 0 Å². The number of carbonyl (C=O) groups is 2. The molecule has 96 valence electrons. The number of carbonyl (C=O) groups excluding carboxylic acids is 1. The Balaban J connectivity index is 2.00. The van der Waals surface area contributed by atoms with Crippen LogP contribution >= 0.6 is 0 Å². The number of hydrogen-bond donors (Lipinski definition) is 3. The second kappa shape index (κ2) is 5.03. The lowest BCUT2D eigenvalue weighted by atomic mass is 10.2. The Morgan fingerprint density at radius 3 is 2.83 bits per heavy atom. The fraction of sp³-hybridized carbons (Fsp3) is 0.417. The van der Waals surface area contributed by atoms with Crippen molar-refractivity contribution in [2.24, 2.45) is 0 Å². The summed E-state index contributed by atoms with van der Waals surface area (Å²) in [6.07, 6.45) is 3.35.